The van der Waals surface area contributed by atoms with E-state index in [1.54, 1.807) is 24.3 Å². The SMILES string of the molecule is N/C(=N\c1nc(-c2ccccc2Cl)nnc1N)c1ccccc1N. The normalized spacial score (nSPS) is 11.5. The average Bonchev–Trinajstić information content (AvgIpc) is 2.58. The molecule has 0 unspecified atom stereocenters. The minimum atomic E-state index is 0.0586. The molecule has 0 aliphatic carbocycles. The van der Waals surface area contributed by atoms with Gasteiger partial charge in [0.05, 0.1) is 5.02 Å². The maximum absolute atomic E-state index is 6.16. The van der Waals surface area contributed by atoms with Crippen LogP contribution in [-0.2, 0) is 0 Å². The predicted molar refractivity (Wildman–Crippen MR) is 95.9 cm³/mol. The lowest BCUT2D eigenvalue weighted by molar-refractivity contribution is 0.988. The second-order valence-electron chi connectivity index (χ2n) is 4.91. The molecule has 2 aromatic carbocycles. The summed E-state index contributed by atoms with van der Waals surface area (Å²) >= 11 is 6.16. The first-order valence-corrected chi connectivity index (χ1v) is 7.38. The number of anilines is 2. The Hall–Kier alpha value is -3.19. The minimum absolute atomic E-state index is 0.0586. The molecule has 1 heterocycles. The fourth-order valence-corrected chi connectivity index (χ4v) is 2.29. The molecule has 0 amide bonds. The van der Waals surface area contributed by atoms with Crippen LogP contribution in [0.5, 0.6) is 0 Å². The molecule has 0 atom stereocenters. The highest BCUT2D eigenvalue weighted by molar-refractivity contribution is 6.33. The Bertz CT molecular complexity index is 924. The third-order valence-corrected chi connectivity index (χ3v) is 3.60. The van der Waals surface area contributed by atoms with Gasteiger partial charge in [0.15, 0.2) is 11.6 Å². The van der Waals surface area contributed by atoms with Crippen molar-refractivity contribution in [3.8, 4) is 11.4 Å². The van der Waals surface area contributed by atoms with E-state index in [-0.39, 0.29) is 17.5 Å². The third kappa shape index (κ3) is 3.11. The smallest absolute Gasteiger partial charge is 0.201 e. The Morgan fingerprint density at radius 3 is 2.42 bits per heavy atom. The van der Waals surface area contributed by atoms with Gasteiger partial charge in [-0.05, 0) is 24.3 Å². The number of aliphatic imine (C=N–C) groups is 1. The van der Waals surface area contributed by atoms with Gasteiger partial charge in [-0.25, -0.2) is 9.98 Å². The van der Waals surface area contributed by atoms with Crippen LogP contribution in [-0.4, -0.2) is 21.0 Å². The maximum atomic E-state index is 6.16. The molecule has 8 heteroatoms. The molecule has 0 radical (unpaired) electrons. The van der Waals surface area contributed by atoms with E-state index >= 15 is 0 Å². The highest BCUT2D eigenvalue weighted by atomic mass is 35.5. The summed E-state index contributed by atoms with van der Waals surface area (Å²) < 4.78 is 0. The van der Waals surface area contributed by atoms with Crippen molar-refractivity contribution in [1.82, 2.24) is 15.2 Å². The lowest BCUT2D eigenvalue weighted by Crippen LogP contribution is -2.15. The summed E-state index contributed by atoms with van der Waals surface area (Å²) in [5, 5.41) is 8.34. The molecule has 6 N–H and O–H groups in total. The van der Waals surface area contributed by atoms with Crippen molar-refractivity contribution < 1.29 is 0 Å². The number of aromatic nitrogens is 3. The number of nitrogens with two attached hydrogens (primary N) is 3. The summed E-state index contributed by atoms with van der Waals surface area (Å²) in [4.78, 5) is 8.55. The van der Waals surface area contributed by atoms with Crippen LogP contribution in [0.2, 0.25) is 5.02 Å². The lowest BCUT2D eigenvalue weighted by atomic mass is 10.1. The summed E-state index contributed by atoms with van der Waals surface area (Å²) in [5.74, 6) is 0.705. The van der Waals surface area contributed by atoms with Gasteiger partial charge in [0, 0.05) is 16.8 Å². The van der Waals surface area contributed by atoms with Gasteiger partial charge in [-0.2, -0.15) is 0 Å². The van der Waals surface area contributed by atoms with Crippen LogP contribution in [0.3, 0.4) is 0 Å². The number of nitrogen functional groups attached to an aromatic ring is 2. The van der Waals surface area contributed by atoms with Gasteiger partial charge in [0.1, 0.15) is 5.84 Å². The second kappa shape index (κ2) is 6.51. The molecule has 24 heavy (non-hydrogen) atoms. The van der Waals surface area contributed by atoms with Crippen LogP contribution in [0.1, 0.15) is 5.56 Å². The van der Waals surface area contributed by atoms with Gasteiger partial charge in [-0.3, -0.25) is 0 Å². The summed E-state index contributed by atoms with van der Waals surface area (Å²) in [6.45, 7) is 0. The van der Waals surface area contributed by atoms with Crippen LogP contribution in [0.25, 0.3) is 11.4 Å². The van der Waals surface area contributed by atoms with E-state index in [1.807, 2.05) is 24.3 Å². The molecule has 3 rings (SSSR count). The van der Waals surface area contributed by atoms with Crippen LogP contribution < -0.4 is 17.2 Å². The van der Waals surface area contributed by atoms with Crippen LogP contribution in [0.15, 0.2) is 53.5 Å². The topological polar surface area (TPSA) is 129 Å². The number of hydrogen-bond donors (Lipinski definition) is 3. The van der Waals surface area contributed by atoms with Crippen molar-refractivity contribution in [3.05, 3.63) is 59.1 Å². The average molecular weight is 340 g/mol. The van der Waals surface area contributed by atoms with E-state index in [0.717, 1.165) is 0 Å². The summed E-state index contributed by atoms with van der Waals surface area (Å²) in [5.41, 5.74) is 19.4. The molecule has 120 valence electrons. The first-order valence-electron chi connectivity index (χ1n) is 7.00. The molecular formula is C16H14ClN7. The zero-order chi connectivity index (χ0) is 17.1. The molecule has 1 aromatic heterocycles. The van der Waals surface area contributed by atoms with E-state index in [2.05, 4.69) is 20.2 Å². The first kappa shape index (κ1) is 15.7. The molecule has 3 aromatic rings. The number of para-hydroxylation sites is 1. The Kier molecular flexibility index (Phi) is 4.26. The highest BCUT2D eigenvalue weighted by Crippen LogP contribution is 2.27. The quantitative estimate of drug-likeness (QED) is 0.381. The van der Waals surface area contributed by atoms with Gasteiger partial charge in [0.25, 0.3) is 0 Å². The molecule has 0 saturated heterocycles. The van der Waals surface area contributed by atoms with Crippen LogP contribution in [0, 0.1) is 0 Å². The van der Waals surface area contributed by atoms with E-state index < -0.39 is 0 Å². The van der Waals surface area contributed by atoms with Gasteiger partial charge in [-0.15, -0.1) is 10.2 Å². The van der Waals surface area contributed by atoms with Crippen LogP contribution >= 0.6 is 11.6 Å². The Balaban J connectivity index is 2.06. The zero-order valence-electron chi connectivity index (χ0n) is 12.5. The first-order chi connectivity index (χ1) is 11.6. The fourth-order valence-electron chi connectivity index (χ4n) is 2.07. The number of benzene rings is 2. The standard InChI is InChI=1S/C16H14ClN7/c17-11-7-3-1-5-9(11)15-22-16(14(20)23-24-15)21-13(19)10-6-2-4-8-12(10)18/h1-8H,18H2,(H2,20,23)(H2,19,21,22,24). The summed E-state index contributed by atoms with van der Waals surface area (Å²) in [7, 11) is 0. The molecule has 0 spiro atoms. The number of nitrogens with zero attached hydrogens (tertiary/aromatic N) is 4. The Labute approximate surface area is 143 Å². The van der Waals surface area contributed by atoms with Crippen molar-refractivity contribution in [3.63, 3.8) is 0 Å². The van der Waals surface area contributed by atoms with Gasteiger partial charge < -0.3 is 17.2 Å². The summed E-state index contributed by atoms with van der Waals surface area (Å²) in [6, 6.07) is 14.3. The van der Waals surface area contributed by atoms with E-state index in [0.29, 0.717) is 27.7 Å². The van der Waals surface area contributed by atoms with Gasteiger partial charge in [0.2, 0.25) is 5.82 Å². The van der Waals surface area contributed by atoms with Crippen molar-refractivity contribution in [2.24, 2.45) is 10.7 Å². The number of hydrogen-bond acceptors (Lipinski definition) is 6. The van der Waals surface area contributed by atoms with Crippen molar-refractivity contribution in [2.75, 3.05) is 11.5 Å². The number of halogens is 1. The Morgan fingerprint density at radius 1 is 0.958 bits per heavy atom. The van der Waals surface area contributed by atoms with Crippen molar-refractivity contribution in [2.45, 2.75) is 0 Å². The lowest BCUT2D eigenvalue weighted by Gasteiger charge is -2.06. The van der Waals surface area contributed by atoms with Gasteiger partial charge >= 0.3 is 0 Å². The number of amidine groups is 1. The van der Waals surface area contributed by atoms with Crippen LogP contribution in [0.4, 0.5) is 17.3 Å². The fraction of sp³-hybridized carbons (Fsp3) is 0. The zero-order valence-corrected chi connectivity index (χ0v) is 13.3. The van der Waals surface area contributed by atoms with E-state index in [9.17, 15) is 0 Å². The van der Waals surface area contributed by atoms with E-state index in [4.69, 9.17) is 28.8 Å². The molecule has 0 fully saturated rings. The van der Waals surface area contributed by atoms with Gasteiger partial charge in [-0.1, -0.05) is 35.9 Å². The number of rotatable bonds is 3. The summed E-state index contributed by atoms with van der Waals surface area (Å²) in [6.07, 6.45) is 0. The highest BCUT2D eigenvalue weighted by Gasteiger charge is 2.12. The largest absolute Gasteiger partial charge is 0.398 e. The Morgan fingerprint density at radius 2 is 1.67 bits per heavy atom. The predicted octanol–water partition coefficient (Wildman–Crippen LogP) is 2.39. The second-order valence-corrected chi connectivity index (χ2v) is 5.32. The molecule has 7 nitrogen and oxygen atoms in total. The van der Waals surface area contributed by atoms with Crippen molar-refractivity contribution in [1.29, 1.82) is 0 Å². The minimum Gasteiger partial charge on any atom is -0.398 e. The van der Waals surface area contributed by atoms with E-state index in [1.165, 1.54) is 0 Å². The molecule has 0 bridgehead atoms. The maximum Gasteiger partial charge on any atom is 0.201 e. The molecular weight excluding hydrogens is 326 g/mol. The molecule has 0 aliphatic heterocycles. The molecule has 0 aliphatic rings. The third-order valence-electron chi connectivity index (χ3n) is 3.27. The van der Waals surface area contributed by atoms with Crippen molar-refractivity contribution >= 4 is 34.8 Å². The monoisotopic (exact) mass is 339 g/mol. The molecule has 0 saturated carbocycles.